The fraction of sp³-hybridized carbons (Fsp3) is 0.412. The molecule has 24 heavy (non-hydrogen) atoms. The van der Waals surface area contributed by atoms with Gasteiger partial charge in [0.1, 0.15) is 12.1 Å². The number of nitrogens with one attached hydrogen (secondary N) is 1. The molecule has 0 radical (unpaired) electrons. The van der Waals surface area contributed by atoms with E-state index in [9.17, 15) is 0 Å². The summed E-state index contributed by atoms with van der Waals surface area (Å²) in [6.45, 7) is 4.91. The largest absolute Gasteiger partial charge is 0.367 e. The fourth-order valence-electron chi connectivity index (χ4n) is 3.18. The van der Waals surface area contributed by atoms with Gasteiger partial charge < -0.3 is 5.32 Å². The van der Waals surface area contributed by atoms with Gasteiger partial charge in [-0.25, -0.2) is 9.97 Å². The van der Waals surface area contributed by atoms with E-state index >= 15 is 0 Å². The molecule has 0 aromatic carbocycles. The normalized spacial score (nSPS) is 16.5. The lowest BCUT2D eigenvalue weighted by atomic mass is 10.1. The number of rotatable bonds is 4. The molecule has 0 amide bonds. The van der Waals surface area contributed by atoms with Crippen LogP contribution in [0.1, 0.15) is 24.4 Å². The molecule has 3 aromatic rings. The van der Waals surface area contributed by atoms with Crippen LogP contribution in [-0.2, 0) is 6.54 Å². The lowest BCUT2D eigenvalue weighted by Crippen LogP contribution is -2.39. The van der Waals surface area contributed by atoms with Crippen LogP contribution in [0, 0.1) is 6.92 Å². The standard InChI is InChI=1S/C17H21N7/c1-13-10-15(19-12-18-13)20-14-5-8-23(9-6-14)11-17-22-21-16-4-2-3-7-24(16)17/h2-4,7,10,12,14H,5-6,8-9,11H2,1H3,(H,18,19,20). The van der Waals surface area contributed by atoms with E-state index in [1.54, 1.807) is 6.33 Å². The number of pyridine rings is 1. The van der Waals surface area contributed by atoms with Crippen LogP contribution in [0.5, 0.6) is 0 Å². The molecule has 0 aliphatic carbocycles. The molecule has 1 aliphatic rings. The quantitative estimate of drug-likeness (QED) is 0.791. The summed E-state index contributed by atoms with van der Waals surface area (Å²) in [5.41, 5.74) is 1.90. The van der Waals surface area contributed by atoms with Gasteiger partial charge in [0.05, 0.1) is 6.54 Å². The highest BCUT2D eigenvalue weighted by Gasteiger charge is 2.21. The van der Waals surface area contributed by atoms with Gasteiger partial charge in [0.25, 0.3) is 0 Å². The first-order valence-electron chi connectivity index (χ1n) is 8.34. The molecule has 1 saturated heterocycles. The number of fused-ring (bicyclic) bond motifs is 1. The molecule has 0 atom stereocenters. The highest BCUT2D eigenvalue weighted by atomic mass is 15.3. The van der Waals surface area contributed by atoms with Crippen LogP contribution in [0.2, 0.25) is 0 Å². The summed E-state index contributed by atoms with van der Waals surface area (Å²) < 4.78 is 2.06. The molecule has 4 rings (SSSR count). The molecule has 1 N–H and O–H groups in total. The van der Waals surface area contributed by atoms with Crippen LogP contribution in [0.15, 0.2) is 36.8 Å². The molecule has 1 aliphatic heterocycles. The molecule has 0 bridgehead atoms. The Kier molecular flexibility index (Phi) is 4.08. The maximum Gasteiger partial charge on any atom is 0.160 e. The zero-order valence-electron chi connectivity index (χ0n) is 13.8. The van der Waals surface area contributed by atoms with Gasteiger partial charge in [-0.1, -0.05) is 6.07 Å². The molecule has 0 spiro atoms. The fourth-order valence-corrected chi connectivity index (χ4v) is 3.18. The van der Waals surface area contributed by atoms with Gasteiger partial charge in [-0.05, 0) is 31.9 Å². The van der Waals surface area contributed by atoms with Gasteiger partial charge in [-0.3, -0.25) is 9.30 Å². The minimum absolute atomic E-state index is 0.464. The number of aromatic nitrogens is 5. The molecule has 0 saturated carbocycles. The zero-order chi connectivity index (χ0) is 16.4. The summed E-state index contributed by atoms with van der Waals surface area (Å²) in [4.78, 5) is 10.9. The third-order valence-corrected chi connectivity index (χ3v) is 4.49. The Balaban J connectivity index is 1.34. The summed E-state index contributed by atoms with van der Waals surface area (Å²) >= 11 is 0. The lowest BCUT2D eigenvalue weighted by molar-refractivity contribution is 0.206. The second kappa shape index (κ2) is 6.52. The Morgan fingerprint density at radius 3 is 2.88 bits per heavy atom. The van der Waals surface area contributed by atoms with Crippen molar-refractivity contribution >= 4 is 11.5 Å². The highest BCUT2D eigenvalue weighted by Crippen LogP contribution is 2.17. The Hall–Kier alpha value is -2.54. The van der Waals surface area contributed by atoms with Gasteiger partial charge in [-0.2, -0.15) is 0 Å². The Morgan fingerprint density at radius 2 is 2.04 bits per heavy atom. The van der Waals surface area contributed by atoms with E-state index < -0.39 is 0 Å². The number of nitrogens with zero attached hydrogens (tertiary/aromatic N) is 6. The molecule has 3 aromatic heterocycles. The summed E-state index contributed by atoms with van der Waals surface area (Å²) in [5, 5.41) is 12.1. The van der Waals surface area contributed by atoms with Crippen molar-refractivity contribution < 1.29 is 0 Å². The van der Waals surface area contributed by atoms with Crippen molar-refractivity contribution in [2.24, 2.45) is 0 Å². The Bertz CT molecular complexity index is 820. The molecule has 0 unspecified atom stereocenters. The van der Waals surface area contributed by atoms with Crippen molar-refractivity contribution in [3.8, 4) is 0 Å². The van der Waals surface area contributed by atoms with Crippen molar-refractivity contribution in [1.29, 1.82) is 0 Å². The molecule has 1 fully saturated rings. The molecular formula is C17H21N7. The van der Waals surface area contributed by atoms with Crippen molar-refractivity contribution in [3.05, 3.63) is 48.3 Å². The summed E-state index contributed by atoms with van der Waals surface area (Å²) in [5.74, 6) is 1.92. The molecule has 7 heteroatoms. The second-order valence-corrected chi connectivity index (χ2v) is 6.28. The number of hydrogen-bond donors (Lipinski definition) is 1. The second-order valence-electron chi connectivity index (χ2n) is 6.28. The van der Waals surface area contributed by atoms with E-state index in [1.165, 1.54) is 0 Å². The lowest BCUT2D eigenvalue weighted by Gasteiger charge is -2.32. The van der Waals surface area contributed by atoms with Crippen molar-refractivity contribution in [3.63, 3.8) is 0 Å². The zero-order valence-corrected chi connectivity index (χ0v) is 13.8. The van der Waals surface area contributed by atoms with Crippen LogP contribution in [-0.4, -0.2) is 48.6 Å². The predicted octanol–water partition coefficient (Wildman–Crippen LogP) is 1.90. The van der Waals surface area contributed by atoms with Crippen molar-refractivity contribution in [2.45, 2.75) is 32.4 Å². The maximum absolute atomic E-state index is 4.32. The third kappa shape index (κ3) is 3.21. The minimum Gasteiger partial charge on any atom is -0.367 e. The van der Waals surface area contributed by atoms with Gasteiger partial charge in [0.2, 0.25) is 0 Å². The molecule has 4 heterocycles. The van der Waals surface area contributed by atoms with Gasteiger partial charge in [-0.15, -0.1) is 10.2 Å². The van der Waals surface area contributed by atoms with Crippen molar-refractivity contribution in [1.82, 2.24) is 29.5 Å². The molecular weight excluding hydrogens is 302 g/mol. The minimum atomic E-state index is 0.464. The van der Waals surface area contributed by atoms with Crippen LogP contribution in [0.3, 0.4) is 0 Å². The number of anilines is 1. The Morgan fingerprint density at radius 1 is 1.17 bits per heavy atom. The van der Waals surface area contributed by atoms with E-state index in [0.717, 1.165) is 55.5 Å². The van der Waals surface area contributed by atoms with E-state index in [0.29, 0.717) is 6.04 Å². The molecule has 124 valence electrons. The van der Waals surface area contributed by atoms with E-state index in [2.05, 4.69) is 34.8 Å². The van der Waals surface area contributed by atoms with E-state index in [4.69, 9.17) is 0 Å². The predicted molar refractivity (Wildman–Crippen MR) is 91.7 cm³/mol. The van der Waals surface area contributed by atoms with E-state index in [1.807, 2.05) is 37.4 Å². The smallest absolute Gasteiger partial charge is 0.160 e. The maximum atomic E-state index is 4.32. The highest BCUT2D eigenvalue weighted by molar-refractivity contribution is 5.37. The first-order chi connectivity index (χ1) is 11.8. The third-order valence-electron chi connectivity index (χ3n) is 4.49. The number of aryl methyl sites for hydroxylation is 1. The average Bonchev–Trinajstić information content (AvgIpc) is 3.00. The first-order valence-corrected chi connectivity index (χ1v) is 8.34. The SMILES string of the molecule is Cc1cc(NC2CCN(Cc3nnc4ccccn34)CC2)ncn1. The number of piperidine rings is 1. The summed E-state index contributed by atoms with van der Waals surface area (Å²) in [6.07, 6.45) is 5.83. The number of hydrogen-bond acceptors (Lipinski definition) is 6. The van der Waals surface area contributed by atoms with Crippen LogP contribution in [0.4, 0.5) is 5.82 Å². The molecule has 7 nitrogen and oxygen atoms in total. The average molecular weight is 323 g/mol. The van der Waals surface area contributed by atoms with Crippen LogP contribution >= 0.6 is 0 Å². The van der Waals surface area contributed by atoms with E-state index in [-0.39, 0.29) is 0 Å². The van der Waals surface area contributed by atoms with Gasteiger partial charge in [0, 0.05) is 37.1 Å². The van der Waals surface area contributed by atoms with Gasteiger partial charge in [0.15, 0.2) is 11.5 Å². The number of likely N-dealkylation sites (tertiary alicyclic amines) is 1. The summed E-state index contributed by atoms with van der Waals surface area (Å²) in [6, 6.07) is 8.44. The Labute approximate surface area is 140 Å². The topological polar surface area (TPSA) is 71.2 Å². The monoisotopic (exact) mass is 323 g/mol. The van der Waals surface area contributed by atoms with Gasteiger partial charge >= 0.3 is 0 Å². The summed E-state index contributed by atoms with van der Waals surface area (Å²) in [7, 11) is 0. The van der Waals surface area contributed by atoms with Crippen LogP contribution in [0.25, 0.3) is 5.65 Å². The first kappa shape index (κ1) is 15.0. The van der Waals surface area contributed by atoms with Crippen LogP contribution < -0.4 is 5.32 Å². The van der Waals surface area contributed by atoms with Crippen molar-refractivity contribution in [2.75, 3.05) is 18.4 Å².